The second-order valence-corrected chi connectivity index (χ2v) is 17.4. The SMILES string of the molecule is O=S(=O)([O-])c1c(S(=O)(=O)[O-])c(S(=O)(=O)[O-])c2c3nc4nc(nc5[nH]c(nc6nc(nc([nH]3)c2c1S(=O)(=O)[O-])-c1ccccc1-6)c1ccccc51)-c1ccccc1-4.[Co+2].[Co+2]. The van der Waals surface area contributed by atoms with Crippen LogP contribution < -0.4 is 0 Å². The van der Waals surface area contributed by atoms with Gasteiger partial charge in [-0.3, -0.25) is 0 Å². The first-order chi connectivity index (χ1) is 26.3. The van der Waals surface area contributed by atoms with Crippen LogP contribution in [0.25, 0.3) is 89.7 Å². The molecule has 3 aromatic heterocycles. The van der Waals surface area contributed by atoms with Crippen molar-refractivity contribution < 1.29 is 85.4 Å². The zero-order valence-electron chi connectivity index (χ0n) is 27.8. The van der Waals surface area contributed by atoms with E-state index in [1.54, 1.807) is 60.7 Å². The van der Waals surface area contributed by atoms with E-state index in [1.165, 1.54) is 12.1 Å². The summed E-state index contributed by atoms with van der Waals surface area (Å²) in [5.74, 6) is -0.637. The first-order valence-corrected chi connectivity index (χ1v) is 21.1. The molecule has 5 heterocycles. The Balaban J connectivity index is 0.00000256. The van der Waals surface area contributed by atoms with Gasteiger partial charge in [0.2, 0.25) is 0 Å². The zero-order chi connectivity index (χ0) is 39.7. The van der Waals surface area contributed by atoms with Crippen molar-refractivity contribution in [2.45, 2.75) is 19.6 Å². The van der Waals surface area contributed by atoms with Crippen LogP contribution in [0.15, 0.2) is 92.4 Å². The Labute approximate surface area is 345 Å². The number of H-pyrrole nitrogens is 2. The van der Waals surface area contributed by atoms with Gasteiger partial charge < -0.3 is 28.2 Å². The average molecular weight is 949 g/mol. The number of aromatic nitrogens is 8. The fourth-order valence-corrected chi connectivity index (χ4v) is 11.6. The molecule has 0 unspecified atom stereocenters. The number of nitrogens with one attached hydrogen (secondary N) is 2. The van der Waals surface area contributed by atoms with Crippen LogP contribution in [0.5, 0.6) is 0 Å². The molecule has 58 heavy (non-hydrogen) atoms. The number of rotatable bonds is 4. The molecule has 2 N–H and O–H groups in total. The van der Waals surface area contributed by atoms with Gasteiger partial charge in [-0.25, -0.2) is 63.6 Å². The van der Waals surface area contributed by atoms with Gasteiger partial charge in [0.15, 0.2) is 23.3 Å². The molecule has 20 nitrogen and oxygen atoms in total. The van der Waals surface area contributed by atoms with Crippen molar-refractivity contribution in [1.82, 2.24) is 39.9 Å². The third-order valence-corrected chi connectivity index (χ3v) is 12.8. The summed E-state index contributed by atoms with van der Waals surface area (Å²) in [5.41, 5.74) is -0.283. The Bertz CT molecular complexity index is 3390. The van der Waals surface area contributed by atoms with E-state index in [4.69, 9.17) is 9.97 Å². The predicted molar refractivity (Wildman–Crippen MR) is 188 cm³/mol. The molecule has 8 bridgehead atoms. The normalized spacial score (nSPS) is 12.8. The first kappa shape index (κ1) is 41.1. The largest absolute Gasteiger partial charge is 2.00 e. The summed E-state index contributed by atoms with van der Waals surface area (Å²) in [6.07, 6.45) is 0. The van der Waals surface area contributed by atoms with Crippen molar-refractivity contribution in [3.05, 3.63) is 72.8 Å². The van der Waals surface area contributed by atoms with Crippen LogP contribution >= 0.6 is 0 Å². The van der Waals surface area contributed by atoms with Crippen LogP contribution in [0.4, 0.5) is 0 Å². The Hall–Kier alpha value is -5.11. The maximum absolute atomic E-state index is 13.0. The summed E-state index contributed by atoms with van der Waals surface area (Å²) in [7, 11) is -26.0. The third kappa shape index (κ3) is 6.47. The second kappa shape index (κ2) is 13.7. The van der Waals surface area contributed by atoms with Crippen molar-refractivity contribution in [3.8, 4) is 45.6 Å². The topological polar surface area (TPSA) is 338 Å². The summed E-state index contributed by atoms with van der Waals surface area (Å²) < 4.78 is 154. The molecule has 0 aliphatic carbocycles. The van der Waals surface area contributed by atoms with Gasteiger partial charge >= 0.3 is 33.6 Å². The Morgan fingerprint density at radius 3 is 0.914 bits per heavy atom. The monoisotopic (exact) mass is 948 g/mol. The van der Waals surface area contributed by atoms with Crippen LogP contribution in [0, 0.1) is 0 Å². The van der Waals surface area contributed by atoms with Gasteiger partial charge in [-0.1, -0.05) is 72.8 Å². The summed E-state index contributed by atoms with van der Waals surface area (Å²) in [6, 6.07) is 19.6. The summed E-state index contributed by atoms with van der Waals surface area (Å²) in [6.45, 7) is 0. The molecule has 2 radical (unpaired) electrons. The third-order valence-electron chi connectivity index (χ3n) is 8.82. The van der Waals surface area contributed by atoms with Gasteiger partial charge in [0.1, 0.15) is 63.1 Å². The van der Waals surface area contributed by atoms with Gasteiger partial charge in [0, 0.05) is 43.8 Å². The van der Waals surface area contributed by atoms with E-state index < -0.39 is 82.1 Å². The molecule has 0 spiro atoms. The quantitative estimate of drug-likeness (QED) is 0.239. The maximum Gasteiger partial charge on any atom is 2.00 e. The minimum Gasteiger partial charge on any atom is -0.744 e. The Kier molecular flexibility index (Phi) is 9.73. The van der Waals surface area contributed by atoms with E-state index in [-0.39, 0.29) is 79.3 Å². The average Bonchev–Trinajstić information content (AvgIpc) is 3.84. The fraction of sp³-hybridized carbons (Fsp3) is 0. The molecule has 26 heteroatoms. The Morgan fingerprint density at radius 1 is 0.362 bits per heavy atom. The van der Waals surface area contributed by atoms with E-state index in [0.29, 0.717) is 21.9 Å². The minimum absolute atomic E-state index is 0. The van der Waals surface area contributed by atoms with Gasteiger partial charge in [0.25, 0.3) is 0 Å². The van der Waals surface area contributed by atoms with Crippen LogP contribution in [-0.2, 0) is 74.0 Å². The van der Waals surface area contributed by atoms with Gasteiger partial charge in [0.05, 0.1) is 19.6 Å². The molecule has 4 aromatic carbocycles. The van der Waals surface area contributed by atoms with Crippen molar-refractivity contribution in [2.24, 2.45) is 0 Å². The standard InChI is InChI=1S/C32H18N8O12S4.2Co/c41-53(42,43)21-19-20(22(54(44,45)46)24(56(50,51)52)23(21)55(47,48)49)32-39-30-18-12-6-4-10-16(18)28(37-30)35-26-14-8-2-1-7-13(14)25(33-26)34-27-15-9-3-5-11-17(15)29(36-27)38-31(19)40-32;;/h1-12H,(H,41,42,43)(H,44,45,46)(H,47,48,49)(H,50,51,52)(H2,33,34,35,36,37,38,39,40);;/q;2*+2/p-4. The molecule has 0 atom stereocenters. The molecular formula is C32H14Co2N8O12S4. The van der Waals surface area contributed by atoms with Gasteiger partial charge in [-0.2, -0.15) is 0 Å². The second-order valence-electron chi connectivity index (χ2n) is 12.1. The maximum atomic E-state index is 13.0. The van der Waals surface area contributed by atoms with E-state index >= 15 is 0 Å². The molecule has 0 fully saturated rings. The summed E-state index contributed by atoms with van der Waals surface area (Å²) in [4.78, 5) is 23.0. The fourth-order valence-electron chi connectivity index (χ4n) is 6.72. The number of nitrogens with zero attached hydrogens (tertiary/aromatic N) is 6. The molecular weight excluding hydrogens is 935 g/mol. The van der Waals surface area contributed by atoms with Crippen LogP contribution in [-0.4, -0.2) is 91.8 Å². The molecule has 2 aliphatic rings. The number of hydrogen-bond acceptors (Lipinski definition) is 18. The van der Waals surface area contributed by atoms with E-state index in [9.17, 15) is 51.9 Å². The molecule has 296 valence electrons. The minimum atomic E-state index is -6.60. The van der Waals surface area contributed by atoms with Gasteiger partial charge in [-0.05, 0) is 0 Å². The first-order valence-electron chi connectivity index (χ1n) is 15.5. The van der Waals surface area contributed by atoms with Crippen molar-refractivity contribution in [3.63, 3.8) is 0 Å². The number of fused-ring (bicyclic) bond motifs is 20. The van der Waals surface area contributed by atoms with E-state index in [2.05, 4.69) is 29.9 Å². The van der Waals surface area contributed by atoms with Crippen molar-refractivity contribution in [1.29, 1.82) is 0 Å². The predicted octanol–water partition coefficient (Wildman–Crippen LogP) is 2.48. The number of hydrogen-bond donors (Lipinski definition) is 2. The summed E-state index contributed by atoms with van der Waals surface area (Å²) in [5, 5.41) is -1.56. The molecule has 0 saturated carbocycles. The van der Waals surface area contributed by atoms with Crippen LogP contribution in [0.1, 0.15) is 0 Å². The van der Waals surface area contributed by atoms with Crippen LogP contribution in [0.3, 0.4) is 0 Å². The molecule has 0 amide bonds. The zero-order valence-corrected chi connectivity index (χ0v) is 33.2. The molecule has 0 saturated heterocycles. The van der Waals surface area contributed by atoms with Gasteiger partial charge in [-0.15, -0.1) is 0 Å². The van der Waals surface area contributed by atoms with E-state index in [0.717, 1.165) is 0 Å². The molecule has 7 aromatic rings. The van der Waals surface area contributed by atoms with Crippen molar-refractivity contribution in [2.75, 3.05) is 0 Å². The number of aromatic amines is 2. The number of benzene rings is 4. The molecule has 9 rings (SSSR count). The Morgan fingerprint density at radius 2 is 0.621 bits per heavy atom. The van der Waals surface area contributed by atoms with E-state index in [1.807, 2.05) is 0 Å². The van der Waals surface area contributed by atoms with Crippen LogP contribution in [0.2, 0.25) is 0 Å². The van der Waals surface area contributed by atoms with Crippen molar-refractivity contribution >= 4 is 84.6 Å². The summed E-state index contributed by atoms with van der Waals surface area (Å²) >= 11 is 0. The molecule has 2 aliphatic heterocycles. The smallest absolute Gasteiger partial charge is 0.744 e.